The van der Waals surface area contributed by atoms with Gasteiger partial charge in [-0.2, -0.15) is 0 Å². The van der Waals surface area contributed by atoms with Crippen LogP contribution < -0.4 is 16.4 Å². The van der Waals surface area contributed by atoms with Gasteiger partial charge in [0.2, 0.25) is 0 Å². The van der Waals surface area contributed by atoms with E-state index in [0.717, 1.165) is 58.0 Å². The number of carbonyl (C=O) groups is 1. The minimum atomic E-state index is -0.976. The molecule has 8 atom stereocenters. The van der Waals surface area contributed by atoms with Crippen LogP contribution >= 0.6 is 0 Å². The lowest BCUT2D eigenvalue weighted by Gasteiger charge is -2.28. The van der Waals surface area contributed by atoms with Gasteiger partial charge in [0, 0.05) is 12.5 Å². The summed E-state index contributed by atoms with van der Waals surface area (Å²) in [6.07, 6.45) is 19.8. The molecular weight excluding hydrogens is 542 g/mol. The SMILES string of the molecule is CCCCC[C@@H]1C=C[C@@H](CCCCC[C@H](C(=O)O)[C@H](O)CC[C@]2(O)C[C@@H](CNCC)[C@H](CC3=CCNC(N)=C3)C2)[C@H](O)C1. The lowest BCUT2D eigenvalue weighted by molar-refractivity contribution is -0.146. The van der Waals surface area contributed by atoms with E-state index in [1.54, 1.807) is 0 Å². The second-order valence-corrected chi connectivity index (χ2v) is 13.7. The number of allylic oxidation sites excluding steroid dienone is 3. The van der Waals surface area contributed by atoms with Crippen LogP contribution in [0.25, 0.3) is 0 Å². The van der Waals surface area contributed by atoms with Gasteiger partial charge in [-0.3, -0.25) is 4.79 Å². The predicted octanol–water partition coefficient (Wildman–Crippen LogP) is 5.00. The Kier molecular flexibility index (Phi) is 15.1. The van der Waals surface area contributed by atoms with Crippen molar-refractivity contribution in [3.63, 3.8) is 0 Å². The molecule has 2 aliphatic carbocycles. The molecule has 0 spiro atoms. The average Bonchev–Trinajstić information content (AvgIpc) is 3.28. The van der Waals surface area contributed by atoms with Crippen molar-refractivity contribution in [1.29, 1.82) is 0 Å². The van der Waals surface area contributed by atoms with E-state index >= 15 is 0 Å². The molecule has 43 heavy (non-hydrogen) atoms. The Hall–Kier alpha value is -1.87. The number of rotatable bonds is 20. The lowest BCUT2D eigenvalue weighted by Crippen LogP contribution is -2.33. The summed E-state index contributed by atoms with van der Waals surface area (Å²) in [6, 6.07) is 0. The van der Waals surface area contributed by atoms with Crippen LogP contribution in [0.2, 0.25) is 0 Å². The summed E-state index contributed by atoms with van der Waals surface area (Å²) < 4.78 is 0. The van der Waals surface area contributed by atoms with E-state index in [4.69, 9.17) is 5.73 Å². The van der Waals surface area contributed by atoms with Crippen molar-refractivity contribution in [2.24, 2.45) is 35.3 Å². The number of dihydropyridines is 1. The Morgan fingerprint density at radius 1 is 1.09 bits per heavy atom. The molecule has 0 amide bonds. The first-order chi connectivity index (χ1) is 20.6. The summed E-state index contributed by atoms with van der Waals surface area (Å²) in [5.41, 5.74) is 6.26. The van der Waals surface area contributed by atoms with Crippen molar-refractivity contribution in [3.8, 4) is 0 Å². The van der Waals surface area contributed by atoms with Gasteiger partial charge in [-0.25, -0.2) is 0 Å². The zero-order valence-electron chi connectivity index (χ0n) is 26.9. The molecule has 0 unspecified atom stereocenters. The monoisotopic (exact) mass is 603 g/mol. The fourth-order valence-electron chi connectivity index (χ4n) is 7.63. The highest BCUT2D eigenvalue weighted by Gasteiger charge is 2.44. The van der Waals surface area contributed by atoms with E-state index in [1.165, 1.54) is 24.8 Å². The molecule has 3 aliphatic rings. The van der Waals surface area contributed by atoms with Gasteiger partial charge in [0.05, 0.1) is 29.5 Å². The van der Waals surface area contributed by atoms with Crippen LogP contribution in [-0.2, 0) is 4.79 Å². The Bertz CT molecular complexity index is 936. The van der Waals surface area contributed by atoms with Crippen molar-refractivity contribution in [1.82, 2.24) is 10.6 Å². The molecule has 1 aliphatic heterocycles. The number of hydrogen-bond acceptors (Lipinski definition) is 7. The van der Waals surface area contributed by atoms with Gasteiger partial charge in [0.25, 0.3) is 0 Å². The van der Waals surface area contributed by atoms with Crippen molar-refractivity contribution in [3.05, 3.63) is 35.7 Å². The van der Waals surface area contributed by atoms with Crippen LogP contribution in [-0.4, -0.2) is 63.8 Å². The molecule has 0 aromatic heterocycles. The van der Waals surface area contributed by atoms with Crippen molar-refractivity contribution >= 4 is 5.97 Å². The van der Waals surface area contributed by atoms with E-state index in [2.05, 4.69) is 42.7 Å². The van der Waals surface area contributed by atoms with E-state index in [-0.39, 0.29) is 18.4 Å². The smallest absolute Gasteiger partial charge is 0.309 e. The van der Waals surface area contributed by atoms with Crippen LogP contribution in [0.1, 0.15) is 110 Å². The number of aliphatic hydroxyl groups is 3. The Labute approximate surface area is 260 Å². The molecular formula is C35H61N3O5. The molecule has 0 aromatic carbocycles. The van der Waals surface area contributed by atoms with Gasteiger partial charge in [-0.15, -0.1) is 0 Å². The summed E-state index contributed by atoms with van der Waals surface area (Å²) >= 11 is 0. The molecule has 0 saturated heterocycles. The Balaban J connectivity index is 1.42. The highest BCUT2D eigenvalue weighted by Crippen LogP contribution is 2.45. The van der Waals surface area contributed by atoms with Gasteiger partial charge in [0.1, 0.15) is 0 Å². The number of unbranched alkanes of at least 4 members (excludes halogenated alkanes) is 4. The molecule has 3 rings (SSSR count). The first-order valence-corrected chi connectivity index (χ1v) is 17.2. The van der Waals surface area contributed by atoms with E-state index in [9.17, 15) is 25.2 Å². The predicted molar refractivity (Wildman–Crippen MR) is 173 cm³/mol. The largest absolute Gasteiger partial charge is 0.481 e. The molecule has 1 saturated carbocycles. The molecule has 8 N–H and O–H groups in total. The number of aliphatic carboxylic acids is 1. The Morgan fingerprint density at radius 2 is 1.86 bits per heavy atom. The van der Waals surface area contributed by atoms with Gasteiger partial charge in [0.15, 0.2) is 0 Å². The average molecular weight is 604 g/mol. The molecule has 0 aromatic rings. The Morgan fingerprint density at radius 3 is 2.56 bits per heavy atom. The molecule has 246 valence electrons. The van der Waals surface area contributed by atoms with E-state index < -0.39 is 23.6 Å². The summed E-state index contributed by atoms with van der Waals surface area (Å²) in [5, 5.41) is 49.5. The lowest BCUT2D eigenvalue weighted by atomic mass is 9.81. The maximum atomic E-state index is 12.1. The quantitative estimate of drug-likeness (QED) is 0.0760. The zero-order valence-corrected chi connectivity index (χ0v) is 26.9. The van der Waals surface area contributed by atoms with E-state index in [0.29, 0.717) is 55.8 Å². The zero-order chi connectivity index (χ0) is 31.2. The minimum absolute atomic E-state index is 0.190. The van der Waals surface area contributed by atoms with Crippen molar-refractivity contribution < 1.29 is 25.2 Å². The first-order valence-electron chi connectivity index (χ1n) is 17.2. The third-order valence-electron chi connectivity index (χ3n) is 10.2. The molecule has 1 heterocycles. The number of carboxylic acids is 1. The van der Waals surface area contributed by atoms with Gasteiger partial charge < -0.3 is 36.8 Å². The van der Waals surface area contributed by atoms with Crippen LogP contribution in [0.4, 0.5) is 0 Å². The number of nitrogens with one attached hydrogen (secondary N) is 2. The maximum absolute atomic E-state index is 12.1. The molecule has 8 nitrogen and oxygen atoms in total. The molecule has 8 heteroatoms. The normalized spacial score (nSPS) is 30.4. The first kappa shape index (κ1) is 35.6. The van der Waals surface area contributed by atoms with Crippen LogP contribution in [0.3, 0.4) is 0 Å². The fraction of sp³-hybridized carbons (Fsp3) is 0.800. The number of nitrogens with two attached hydrogens (primary N) is 1. The summed E-state index contributed by atoms with van der Waals surface area (Å²) in [4.78, 5) is 12.1. The highest BCUT2D eigenvalue weighted by molar-refractivity contribution is 5.70. The minimum Gasteiger partial charge on any atom is -0.481 e. The van der Waals surface area contributed by atoms with Crippen LogP contribution in [0.15, 0.2) is 35.7 Å². The number of hydrogen-bond donors (Lipinski definition) is 7. The second-order valence-electron chi connectivity index (χ2n) is 13.7. The van der Waals surface area contributed by atoms with Crippen molar-refractivity contribution in [2.45, 2.75) is 128 Å². The van der Waals surface area contributed by atoms with Gasteiger partial charge in [-0.1, -0.05) is 70.6 Å². The number of carboxylic acid groups (broad SMARTS) is 1. The maximum Gasteiger partial charge on any atom is 0.309 e. The molecule has 0 bridgehead atoms. The highest BCUT2D eigenvalue weighted by atomic mass is 16.4. The third-order valence-corrected chi connectivity index (χ3v) is 10.2. The number of aliphatic hydroxyl groups excluding tert-OH is 2. The van der Waals surface area contributed by atoms with E-state index in [1.807, 2.05) is 6.08 Å². The topological polar surface area (TPSA) is 148 Å². The summed E-state index contributed by atoms with van der Waals surface area (Å²) in [6.45, 7) is 6.72. The van der Waals surface area contributed by atoms with Crippen LogP contribution in [0.5, 0.6) is 0 Å². The standard InChI is InChI=1S/C35H61N3O5/c1-3-5-7-10-25-13-14-27(32(40)20-25)11-8-6-9-12-30(34(41)42)31(39)15-17-35(43)22-28(29(23-35)24-37-4-2)19-26-16-18-38-33(36)21-26/h13-14,16,21,25,27-32,37-40,43H,3-12,15,17-20,22-24,36H2,1-2H3,(H,41,42)/t25-,27-,28-,29+,30+,31-,32-,35-/m1/s1. The molecule has 0 radical (unpaired) electrons. The molecule has 1 fully saturated rings. The second kappa shape index (κ2) is 18.2. The fourth-order valence-corrected chi connectivity index (χ4v) is 7.63. The van der Waals surface area contributed by atoms with Gasteiger partial charge in [-0.05, 0) is 100 Å². The summed E-state index contributed by atoms with van der Waals surface area (Å²) in [5.74, 6) is 0.181. The third kappa shape index (κ3) is 11.9. The summed E-state index contributed by atoms with van der Waals surface area (Å²) in [7, 11) is 0. The van der Waals surface area contributed by atoms with Gasteiger partial charge >= 0.3 is 5.97 Å². The van der Waals surface area contributed by atoms with Crippen molar-refractivity contribution in [2.75, 3.05) is 19.6 Å². The van der Waals surface area contributed by atoms with Crippen LogP contribution in [0, 0.1) is 29.6 Å².